The van der Waals surface area contributed by atoms with Crippen LogP contribution in [0.25, 0.3) is 0 Å². The predicted molar refractivity (Wildman–Crippen MR) is 94.9 cm³/mol. The van der Waals surface area contributed by atoms with E-state index in [0.29, 0.717) is 24.3 Å². The molecular formula is C18H26ClN3O. The average molecular weight is 336 g/mol. The molecule has 23 heavy (non-hydrogen) atoms. The van der Waals surface area contributed by atoms with Gasteiger partial charge >= 0.3 is 0 Å². The number of halogens is 1. The lowest BCUT2D eigenvalue weighted by atomic mass is 10.1. The highest BCUT2D eigenvalue weighted by Gasteiger charge is 2.14. The lowest BCUT2D eigenvalue weighted by Crippen LogP contribution is -2.25. The van der Waals surface area contributed by atoms with Gasteiger partial charge in [-0.25, -0.2) is 4.68 Å². The Kier molecular flexibility index (Phi) is 6.63. The molecule has 0 amide bonds. The van der Waals surface area contributed by atoms with Crippen molar-refractivity contribution in [2.45, 2.75) is 52.7 Å². The normalized spacial score (nSPS) is 12.6. The standard InChI is InChI=1S/C18H26ClN3O/c1-13-6-8-16(9-7-13)12-22-18(19)17(15(3)21-22)11-20-14(2)5-4-10-23/h6-9,14,20,23H,4-5,10-12H2,1-3H3. The Bertz CT molecular complexity index is 622. The summed E-state index contributed by atoms with van der Waals surface area (Å²) in [5.74, 6) is 0. The molecule has 1 aromatic heterocycles. The first-order chi connectivity index (χ1) is 11.0. The zero-order valence-electron chi connectivity index (χ0n) is 14.1. The monoisotopic (exact) mass is 335 g/mol. The van der Waals surface area contributed by atoms with Crippen LogP contribution in [0.3, 0.4) is 0 Å². The fourth-order valence-electron chi connectivity index (χ4n) is 2.54. The molecule has 1 unspecified atom stereocenters. The van der Waals surface area contributed by atoms with E-state index in [1.54, 1.807) is 0 Å². The van der Waals surface area contributed by atoms with Crippen LogP contribution in [0.1, 0.15) is 42.1 Å². The quantitative estimate of drug-likeness (QED) is 0.776. The van der Waals surface area contributed by atoms with Crippen LogP contribution in [0.5, 0.6) is 0 Å². The number of benzene rings is 1. The van der Waals surface area contributed by atoms with E-state index in [-0.39, 0.29) is 6.61 Å². The summed E-state index contributed by atoms with van der Waals surface area (Å²) in [4.78, 5) is 0. The smallest absolute Gasteiger partial charge is 0.132 e. The molecule has 0 radical (unpaired) electrons. The second kappa shape index (κ2) is 8.48. The highest BCUT2D eigenvalue weighted by molar-refractivity contribution is 6.30. The van der Waals surface area contributed by atoms with Crippen molar-refractivity contribution in [3.8, 4) is 0 Å². The van der Waals surface area contributed by atoms with Gasteiger partial charge < -0.3 is 10.4 Å². The van der Waals surface area contributed by atoms with Crippen LogP contribution in [-0.4, -0.2) is 27.5 Å². The first kappa shape index (κ1) is 18.0. The van der Waals surface area contributed by atoms with E-state index in [4.69, 9.17) is 16.7 Å². The lowest BCUT2D eigenvalue weighted by Gasteiger charge is -2.13. The number of nitrogens with one attached hydrogen (secondary N) is 1. The maximum absolute atomic E-state index is 8.89. The van der Waals surface area contributed by atoms with Crippen molar-refractivity contribution in [3.63, 3.8) is 0 Å². The van der Waals surface area contributed by atoms with Gasteiger partial charge in [0.05, 0.1) is 12.2 Å². The first-order valence-corrected chi connectivity index (χ1v) is 8.50. The number of aromatic nitrogens is 2. The highest BCUT2D eigenvalue weighted by Crippen LogP contribution is 2.21. The van der Waals surface area contributed by atoms with Crippen molar-refractivity contribution >= 4 is 11.6 Å². The van der Waals surface area contributed by atoms with Crippen LogP contribution in [0.2, 0.25) is 5.15 Å². The Labute approximate surface area is 143 Å². The number of aryl methyl sites for hydroxylation is 2. The van der Waals surface area contributed by atoms with Crippen LogP contribution in [0.15, 0.2) is 24.3 Å². The van der Waals surface area contributed by atoms with Gasteiger partial charge in [-0.1, -0.05) is 41.4 Å². The van der Waals surface area contributed by atoms with Gasteiger partial charge in [0.1, 0.15) is 5.15 Å². The van der Waals surface area contributed by atoms with Crippen LogP contribution < -0.4 is 5.32 Å². The molecule has 0 saturated heterocycles. The van der Waals surface area contributed by atoms with Gasteiger partial charge in [-0.05, 0) is 39.2 Å². The third kappa shape index (κ3) is 5.06. The Morgan fingerprint density at radius 2 is 1.96 bits per heavy atom. The lowest BCUT2D eigenvalue weighted by molar-refractivity contribution is 0.276. The van der Waals surface area contributed by atoms with Crippen LogP contribution in [0.4, 0.5) is 0 Å². The van der Waals surface area contributed by atoms with E-state index in [2.05, 4.69) is 48.5 Å². The third-order valence-corrected chi connectivity index (χ3v) is 4.48. The van der Waals surface area contributed by atoms with E-state index in [1.165, 1.54) is 11.1 Å². The SMILES string of the molecule is Cc1ccc(Cn2nc(C)c(CNC(C)CCCO)c2Cl)cc1. The van der Waals surface area contributed by atoms with Crippen LogP contribution >= 0.6 is 11.6 Å². The molecule has 0 bridgehead atoms. The van der Waals surface area contributed by atoms with E-state index in [1.807, 2.05) is 11.6 Å². The zero-order chi connectivity index (χ0) is 16.8. The molecule has 2 rings (SSSR count). The fourth-order valence-corrected chi connectivity index (χ4v) is 2.84. The molecule has 0 spiro atoms. The summed E-state index contributed by atoms with van der Waals surface area (Å²) >= 11 is 6.52. The molecule has 0 aliphatic heterocycles. The van der Waals surface area contributed by atoms with Crippen molar-refractivity contribution in [3.05, 3.63) is 51.8 Å². The summed E-state index contributed by atoms with van der Waals surface area (Å²) in [5, 5.41) is 17.6. The maximum atomic E-state index is 8.89. The molecular weight excluding hydrogens is 310 g/mol. The molecule has 2 aromatic rings. The number of nitrogens with zero attached hydrogens (tertiary/aromatic N) is 2. The van der Waals surface area contributed by atoms with Crippen molar-refractivity contribution in [2.75, 3.05) is 6.61 Å². The van der Waals surface area contributed by atoms with Crippen LogP contribution in [-0.2, 0) is 13.1 Å². The number of hydrogen-bond acceptors (Lipinski definition) is 3. The number of rotatable bonds is 8. The summed E-state index contributed by atoms with van der Waals surface area (Å²) in [6.07, 6.45) is 1.76. The number of aliphatic hydroxyl groups is 1. The van der Waals surface area contributed by atoms with Crippen molar-refractivity contribution in [1.82, 2.24) is 15.1 Å². The van der Waals surface area contributed by atoms with Gasteiger partial charge in [0.2, 0.25) is 0 Å². The predicted octanol–water partition coefficient (Wildman–Crippen LogP) is 3.45. The molecule has 1 atom stereocenters. The number of hydrogen-bond donors (Lipinski definition) is 2. The first-order valence-electron chi connectivity index (χ1n) is 8.12. The largest absolute Gasteiger partial charge is 0.396 e. The van der Waals surface area contributed by atoms with E-state index in [9.17, 15) is 0 Å². The van der Waals surface area contributed by atoms with Gasteiger partial charge in [-0.3, -0.25) is 0 Å². The Hall–Kier alpha value is -1.36. The van der Waals surface area contributed by atoms with E-state index < -0.39 is 0 Å². The molecule has 2 N–H and O–H groups in total. The van der Waals surface area contributed by atoms with Crippen molar-refractivity contribution in [1.29, 1.82) is 0 Å². The van der Waals surface area contributed by atoms with Gasteiger partial charge in [0.15, 0.2) is 0 Å². The fraction of sp³-hybridized carbons (Fsp3) is 0.500. The van der Waals surface area contributed by atoms with Crippen molar-refractivity contribution < 1.29 is 5.11 Å². The topological polar surface area (TPSA) is 50.1 Å². The molecule has 1 heterocycles. The van der Waals surface area contributed by atoms with Gasteiger partial charge in [0, 0.05) is 24.8 Å². The minimum absolute atomic E-state index is 0.236. The Balaban J connectivity index is 2.02. The molecule has 1 aromatic carbocycles. The summed E-state index contributed by atoms with van der Waals surface area (Å²) in [6, 6.07) is 8.77. The molecule has 0 saturated carbocycles. The maximum Gasteiger partial charge on any atom is 0.132 e. The summed E-state index contributed by atoms with van der Waals surface area (Å²) in [7, 11) is 0. The van der Waals surface area contributed by atoms with Gasteiger partial charge in [0.25, 0.3) is 0 Å². The zero-order valence-corrected chi connectivity index (χ0v) is 14.9. The summed E-state index contributed by atoms with van der Waals surface area (Å²) in [5.41, 5.74) is 4.45. The van der Waals surface area contributed by atoms with Gasteiger partial charge in [-0.2, -0.15) is 5.10 Å². The molecule has 0 aliphatic rings. The minimum Gasteiger partial charge on any atom is -0.396 e. The molecule has 126 valence electrons. The third-order valence-electron chi connectivity index (χ3n) is 4.06. The van der Waals surface area contributed by atoms with Crippen LogP contribution in [0, 0.1) is 13.8 Å². The Morgan fingerprint density at radius 3 is 2.61 bits per heavy atom. The Morgan fingerprint density at radius 1 is 1.26 bits per heavy atom. The van der Waals surface area contributed by atoms with E-state index in [0.717, 1.165) is 24.1 Å². The second-order valence-electron chi connectivity index (χ2n) is 6.15. The molecule has 0 aliphatic carbocycles. The molecule has 5 heteroatoms. The highest BCUT2D eigenvalue weighted by atomic mass is 35.5. The second-order valence-corrected chi connectivity index (χ2v) is 6.50. The summed E-state index contributed by atoms with van der Waals surface area (Å²) in [6.45, 7) is 7.81. The van der Waals surface area contributed by atoms with Crippen molar-refractivity contribution in [2.24, 2.45) is 0 Å². The van der Waals surface area contributed by atoms with E-state index >= 15 is 0 Å². The molecule has 4 nitrogen and oxygen atoms in total. The summed E-state index contributed by atoms with van der Waals surface area (Å²) < 4.78 is 1.86. The number of aliphatic hydroxyl groups excluding tert-OH is 1. The average Bonchev–Trinajstić information content (AvgIpc) is 2.79. The van der Waals surface area contributed by atoms with Gasteiger partial charge in [-0.15, -0.1) is 0 Å². The minimum atomic E-state index is 0.236. The molecule has 0 fully saturated rings.